The summed E-state index contributed by atoms with van der Waals surface area (Å²) in [4.78, 5) is 36.4. The van der Waals surface area contributed by atoms with Crippen LogP contribution >= 0.6 is 0 Å². The fourth-order valence-corrected chi connectivity index (χ4v) is 3.63. The van der Waals surface area contributed by atoms with E-state index in [4.69, 9.17) is 9.25 Å². The van der Waals surface area contributed by atoms with Crippen LogP contribution in [0.1, 0.15) is 63.9 Å². The maximum atomic E-state index is 12.6. The molecule has 0 radical (unpaired) electrons. The van der Waals surface area contributed by atoms with Crippen molar-refractivity contribution in [3.05, 3.63) is 32.4 Å². The number of hydrogen-bond donors (Lipinski definition) is 2. The highest BCUT2D eigenvalue weighted by Crippen LogP contribution is 2.34. The molecule has 2 aliphatic carbocycles. The molecule has 28 heavy (non-hydrogen) atoms. The maximum Gasteiger partial charge on any atom is 0.337 e. The van der Waals surface area contributed by atoms with Gasteiger partial charge in [0.05, 0.1) is 11.3 Å². The van der Waals surface area contributed by atoms with Crippen LogP contribution in [0.4, 0.5) is 0 Å². The van der Waals surface area contributed by atoms with Crippen molar-refractivity contribution < 1.29 is 14.4 Å². The van der Waals surface area contributed by atoms with Gasteiger partial charge in [0.1, 0.15) is 5.39 Å². The number of hydrogen-bond acceptors (Lipinski definition) is 7. The molecule has 4 rings (SSSR count). The van der Waals surface area contributed by atoms with E-state index in [-0.39, 0.29) is 11.7 Å². The first kappa shape index (κ1) is 18.9. The number of H-pyrrole nitrogens is 1. The molecule has 0 spiro atoms. The highest BCUT2D eigenvalue weighted by atomic mass is 16.6. The molecule has 2 aromatic rings. The van der Waals surface area contributed by atoms with E-state index < -0.39 is 16.8 Å². The van der Waals surface area contributed by atoms with Crippen LogP contribution in [-0.2, 0) is 6.42 Å². The summed E-state index contributed by atoms with van der Waals surface area (Å²) in [5.74, 6) is 0.797. The number of aryl methyl sites for hydroxylation is 1. The van der Waals surface area contributed by atoms with E-state index in [9.17, 15) is 14.7 Å². The van der Waals surface area contributed by atoms with E-state index in [2.05, 4.69) is 15.1 Å². The van der Waals surface area contributed by atoms with E-state index in [0.717, 1.165) is 24.5 Å². The lowest BCUT2D eigenvalue weighted by Gasteiger charge is -2.28. The van der Waals surface area contributed by atoms with Crippen molar-refractivity contribution in [2.75, 3.05) is 0 Å². The number of nitrogens with one attached hydrogen (secondary N) is 1. The van der Waals surface area contributed by atoms with Crippen LogP contribution in [0.15, 0.2) is 25.2 Å². The number of aliphatic hydroxyl groups is 1. The molecule has 2 N–H and O–H groups in total. The van der Waals surface area contributed by atoms with Crippen LogP contribution in [0.3, 0.4) is 0 Å². The van der Waals surface area contributed by atoms with Crippen LogP contribution in [0.5, 0.6) is 6.01 Å². The summed E-state index contributed by atoms with van der Waals surface area (Å²) in [7, 11) is 0. The molecule has 0 aromatic carbocycles. The van der Waals surface area contributed by atoms with Crippen LogP contribution in [0, 0.1) is 5.92 Å². The average Bonchev–Trinajstić information content (AvgIpc) is 3.44. The minimum absolute atomic E-state index is 0.0283. The number of aromatic amines is 1. The molecule has 0 saturated heterocycles. The van der Waals surface area contributed by atoms with Crippen molar-refractivity contribution in [2.45, 2.75) is 70.3 Å². The summed E-state index contributed by atoms with van der Waals surface area (Å²) in [6.07, 6.45) is 7.69. The SMILES string of the molecule is CC1(O)CCC(=NOc2nc3oc(=O)cc(CCCC4CC4)c3c(=O)[nH]2)CC1. The summed E-state index contributed by atoms with van der Waals surface area (Å²) in [6.45, 7) is 1.80. The average molecular weight is 387 g/mol. The Hall–Kier alpha value is -2.48. The van der Waals surface area contributed by atoms with Crippen molar-refractivity contribution in [1.29, 1.82) is 0 Å². The molecule has 0 atom stereocenters. The third-order valence-electron chi connectivity index (χ3n) is 5.60. The van der Waals surface area contributed by atoms with E-state index in [1.807, 2.05) is 0 Å². The number of aromatic nitrogens is 2. The molecule has 2 aromatic heterocycles. The topological polar surface area (TPSA) is 118 Å². The molecular formula is C20H25N3O5. The van der Waals surface area contributed by atoms with Gasteiger partial charge in [-0.05, 0) is 56.9 Å². The van der Waals surface area contributed by atoms with Gasteiger partial charge in [-0.15, -0.1) is 0 Å². The highest BCUT2D eigenvalue weighted by Gasteiger charge is 2.26. The third-order valence-corrected chi connectivity index (χ3v) is 5.60. The van der Waals surface area contributed by atoms with Crippen molar-refractivity contribution in [3.63, 3.8) is 0 Å². The quantitative estimate of drug-likeness (QED) is 0.736. The Kier molecular flexibility index (Phi) is 5.05. The number of oxime groups is 1. The second-order valence-corrected chi connectivity index (χ2v) is 8.22. The van der Waals surface area contributed by atoms with Gasteiger partial charge in [0.25, 0.3) is 5.56 Å². The summed E-state index contributed by atoms with van der Waals surface area (Å²) >= 11 is 0. The minimum Gasteiger partial charge on any atom is -0.403 e. The summed E-state index contributed by atoms with van der Waals surface area (Å²) < 4.78 is 5.13. The molecule has 8 nitrogen and oxygen atoms in total. The smallest absolute Gasteiger partial charge is 0.337 e. The summed E-state index contributed by atoms with van der Waals surface area (Å²) in [5, 5.41) is 14.3. The Labute approximate surface area is 161 Å². The maximum absolute atomic E-state index is 12.6. The van der Waals surface area contributed by atoms with Crippen LogP contribution < -0.4 is 16.0 Å². The summed E-state index contributed by atoms with van der Waals surface area (Å²) in [5.41, 5.74) is -0.179. The van der Waals surface area contributed by atoms with E-state index in [1.165, 1.54) is 18.9 Å². The highest BCUT2D eigenvalue weighted by molar-refractivity contribution is 5.85. The standard InChI is InChI=1S/C20H25N3O5/c1-20(26)9-7-14(8-10-20)23-28-19-21-17(25)16-13(4-2-3-12-5-6-12)11-15(24)27-18(16)22-19/h11-12,26H,2-10H2,1H3,(H,21,22,25). The van der Waals surface area contributed by atoms with Crippen LogP contribution in [0.25, 0.3) is 11.1 Å². The van der Waals surface area contributed by atoms with Gasteiger partial charge in [-0.1, -0.05) is 24.4 Å². The molecule has 2 heterocycles. The Morgan fingerprint density at radius 1 is 1.36 bits per heavy atom. The van der Waals surface area contributed by atoms with Gasteiger partial charge >= 0.3 is 11.6 Å². The predicted octanol–water partition coefficient (Wildman–Crippen LogP) is 2.67. The molecule has 0 unspecified atom stereocenters. The molecule has 150 valence electrons. The number of nitrogens with zero attached hydrogens (tertiary/aromatic N) is 2. The van der Waals surface area contributed by atoms with E-state index in [0.29, 0.717) is 43.1 Å². The molecule has 2 saturated carbocycles. The third kappa shape index (κ3) is 4.49. The first-order valence-electron chi connectivity index (χ1n) is 9.92. The Morgan fingerprint density at radius 2 is 2.11 bits per heavy atom. The van der Waals surface area contributed by atoms with Crippen LogP contribution in [-0.4, -0.2) is 26.4 Å². The zero-order valence-corrected chi connectivity index (χ0v) is 16.0. The monoisotopic (exact) mass is 387 g/mol. The molecule has 0 amide bonds. The van der Waals surface area contributed by atoms with E-state index in [1.54, 1.807) is 6.92 Å². The summed E-state index contributed by atoms with van der Waals surface area (Å²) in [6, 6.07) is 1.27. The predicted molar refractivity (Wildman–Crippen MR) is 104 cm³/mol. The van der Waals surface area contributed by atoms with Gasteiger partial charge in [-0.2, -0.15) is 4.98 Å². The van der Waals surface area contributed by atoms with Gasteiger partial charge in [-0.3, -0.25) is 9.78 Å². The molecular weight excluding hydrogens is 362 g/mol. The Morgan fingerprint density at radius 3 is 2.82 bits per heavy atom. The largest absolute Gasteiger partial charge is 0.403 e. The first-order valence-corrected chi connectivity index (χ1v) is 9.92. The second-order valence-electron chi connectivity index (χ2n) is 8.22. The zero-order chi connectivity index (χ0) is 19.7. The van der Waals surface area contributed by atoms with Gasteiger partial charge in [0.15, 0.2) is 0 Å². The van der Waals surface area contributed by atoms with Gasteiger partial charge in [0.2, 0.25) is 5.71 Å². The normalized spacial score (nSPS) is 22.4. The molecule has 8 heteroatoms. The van der Waals surface area contributed by atoms with Gasteiger partial charge in [0, 0.05) is 6.07 Å². The first-order chi connectivity index (χ1) is 13.4. The molecule has 2 fully saturated rings. The number of fused-ring (bicyclic) bond motifs is 1. The van der Waals surface area contributed by atoms with Gasteiger partial charge in [-0.25, -0.2) is 4.79 Å². The fourth-order valence-electron chi connectivity index (χ4n) is 3.63. The van der Waals surface area contributed by atoms with Crippen molar-refractivity contribution >= 4 is 16.8 Å². The van der Waals surface area contributed by atoms with Crippen LogP contribution in [0.2, 0.25) is 0 Å². The Balaban J connectivity index is 1.54. The van der Waals surface area contributed by atoms with Gasteiger partial charge < -0.3 is 14.4 Å². The Bertz CT molecular complexity index is 1000. The number of rotatable bonds is 6. The lowest BCUT2D eigenvalue weighted by atomic mass is 9.85. The molecule has 0 aliphatic heterocycles. The lowest BCUT2D eigenvalue weighted by Crippen LogP contribution is -2.30. The zero-order valence-electron chi connectivity index (χ0n) is 16.0. The van der Waals surface area contributed by atoms with Crippen molar-refractivity contribution in [3.8, 4) is 6.01 Å². The fraction of sp³-hybridized carbons (Fsp3) is 0.600. The van der Waals surface area contributed by atoms with Crippen molar-refractivity contribution in [2.24, 2.45) is 11.1 Å². The molecule has 0 bridgehead atoms. The minimum atomic E-state index is -0.673. The second kappa shape index (κ2) is 7.50. The molecule has 2 aliphatic rings. The van der Waals surface area contributed by atoms with E-state index >= 15 is 0 Å². The lowest BCUT2D eigenvalue weighted by molar-refractivity contribution is 0.0393. The van der Waals surface area contributed by atoms with Crippen molar-refractivity contribution in [1.82, 2.24) is 9.97 Å².